The fourth-order valence-corrected chi connectivity index (χ4v) is 2.58. The lowest BCUT2D eigenvalue weighted by Gasteiger charge is -2.14. The molecule has 6 heteroatoms. The molecule has 0 spiro atoms. The summed E-state index contributed by atoms with van der Waals surface area (Å²) >= 11 is 5.88. The van der Waals surface area contributed by atoms with Gasteiger partial charge >= 0.3 is 0 Å². The first-order valence-electron chi connectivity index (χ1n) is 8.61. The molecule has 0 bridgehead atoms. The standard InChI is InChI=1S/C21H23ClN2O3/c1-14(2)18-9-7-15(3)11-19(18)27-13-21(26)24-23-20(25)10-8-16-5-4-6-17(22)12-16/h4-12,14H,13H2,1-3H3,(H,23,25)(H,24,26)/b10-8+. The molecule has 0 aromatic heterocycles. The van der Waals surface area contributed by atoms with E-state index >= 15 is 0 Å². The minimum absolute atomic E-state index is 0.193. The summed E-state index contributed by atoms with van der Waals surface area (Å²) in [5.74, 6) is 0.0461. The summed E-state index contributed by atoms with van der Waals surface area (Å²) in [6, 6.07) is 13.0. The number of rotatable bonds is 6. The quantitative estimate of drug-likeness (QED) is 0.582. The largest absolute Gasteiger partial charge is 0.483 e. The minimum Gasteiger partial charge on any atom is -0.483 e. The van der Waals surface area contributed by atoms with Gasteiger partial charge in [-0.2, -0.15) is 0 Å². The smallest absolute Gasteiger partial charge is 0.276 e. The number of benzene rings is 2. The van der Waals surface area contributed by atoms with Gasteiger partial charge in [0.25, 0.3) is 11.8 Å². The van der Waals surface area contributed by atoms with Crippen LogP contribution in [0.5, 0.6) is 5.75 Å². The molecule has 0 aliphatic rings. The maximum absolute atomic E-state index is 11.9. The lowest BCUT2D eigenvalue weighted by atomic mass is 10.0. The molecule has 0 aliphatic carbocycles. The van der Waals surface area contributed by atoms with Gasteiger partial charge in [0.05, 0.1) is 0 Å². The number of halogens is 1. The first-order valence-corrected chi connectivity index (χ1v) is 8.99. The summed E-state index contributed by atoms with van der Waals surface area (Å²) in [6.07, 6.45) is 2.91. The number of amides is 2. The molecule has 2 N–H and O–H groups in total. The highest BCUT2D eigenvalue weighted by molar-refractivity contribution is 6.30. The predicted octanol–water partition coefficient (Wildman–Crippen LogP) is 4.01. The second kappa shape index (κ2) is 9.78. The second-order valence-corrected chi connectivity index (χ2v) is 6.85. The van der Waals surface area contributed by atoms with Gasteiger partial charge in [-0.1, -0.05) is 49.7 Å². The van der Waals surface area contributed by atoms with Crippen molar-refractivity contribution in [2.45, 2.75) is 26.7 Å². The molecule has 2 aromatic rings. The summed E-state index contributed by atoms with van der Waals surface area (Å²) in [5.41, 5.74) is 7.50. The van der Waals surface area contributed by atoms with E-state index in [-0.39, 0.29) is 12.5 Å². The highest BCUT2D eigenvalue weighted by Crippen LogP contribution is 2.27. The van der Waals surface area contributed by atoms with Gasteiger partial charge in [0, 0.05) is 11.1 Å². The molecule has 0 atom stereocenters. The average molecular weight is 387 g/mol. The van der Waals surface area contributed by atoms with Crippen LogP contribution in [0, 0.1) is 6.92 Å². The number of carbonyl (C=O) groups excluding carboxylic acids is 2. The van der Waals surface area contributed by atoms with Crippen molar-refractivity contribution in [2.75, 3.05) is 6.61 Å². The van der Waals surface area contributed by atoms with Crippen LogP contribution in [0.25, 0.3) is 6.08 Å². The van der Waals surface area contributed by atoms with Gasteiger partial charge in [-0.15, -0.1) is 0 Å². The van der Waals surface area contributed by atoms with Gasteiger partial charge in [0.2, 0.25) is 0 Å². The van der Waals surface area contributed by atoms with Crippen LogP contribution in [0.15, 0.2) is 48.5 Å². The maximum atomic E-state index is 11.9. The van der Waals surface area contributed by atoms with Gasteiger partial charge in [0.1, 0.15) is 5.75 Å². The van der Waals surface area contributed by atoms with E-state index in [4.69, 9.17) is 16.3 Å². The van der Waals surface area contributed by atoms with E-state index in [1.807, 2.05) is 31.2 Å². The number of nitrogens with one attached hydrogen (secondary N) is 2. The summed E-state index contributed by atoms with van der Waals surface area (Å²) in [5, 5.41) is 0.583. The van der Waals surface area contributed by atoms with E-state index < -0.39 is 11.8 Å². The van der Waals surface area contributed by atoms with Crippen molar-refractivity contribution in [3.8, 4) is 5.75 Å². The first-order chi connectivity index (χ1) is 12.8. The van der Waals surface area contributed by atoms with E-state index in [0.717, 1.165) is 16.7 Å². The van der Waals surface area contributed by atoms with Crippen molar-refractivity contribution in [2.24, 2.45) is 0 Å². The van der Waals surface area contributed by atoms with Crippen LogP contribution in [-0.2, 0) is 9.59 Å². The number of hydrogen-bond donors (Lipinski definition) is 2. The van der Waals surface area contributed by atoms with Gasteiger partial charge in [0.15, 0.2) is 6.61 Å². The predicted molar refractivity (Wildman–Crippen MR) is 108 cm³/mol. The lowest BCUT2D eigenvalue weighted by molar-refractivity contribution is -0.128. The lowest BCUT2D eigenvalue weighted by Crippen LogP contribution is -2.43. The van der Waals surface area contributed by atoms with E-state index in [1.165, 1.54) is 6.08 Å². The monoisotopic (exact) mass is 386 g/mol. The topological polar surface area (TPSA) is 67.4 Å². The summed E-state index contributed by atoms with van der Waals surface area (Å²) in [7, 11) is 0. The van der Waals surface area contributed by atoms with Crippen LogP contribution < -0.4 is 15.6 Å². The molecule has 0 heterocycles. The van der Waals surface area contributed by atoms with Crippen LogP contribution in [0.3, 0.4) is 0 Å². The van der Waals surface area contributed by atoms with Crippen molar-refractivity contribution in [3.05, 3.63) is 70.3 Å². The number of ether oxygens (including phenoxy) is 1. The van der Waals surface area contributed by atoms with Crippen molar-refractivity contribution in [3.63, 3.8) is 0 Å². The van der Waals surface area contributed by atoms with E-state index in [0.29, 0.717) is 10.8 Å². The van der Waals surface area contributed by atoms with Gasteiger partial charge in [-0.05, 0) is 53.8 Å². The van der Waals surface area contributed by atoms with Crippen molar-refractivity contribution in [1.82, 2.24) is 10.9 Å². The average Bonchev–Trinajstić information content (AvgIpc) is 2.62. The summed E-state index contributed by atoms with van der Waals surface area (Å²) in [6.45, 7) is 5.89. The molecule has 0 fully saturated rings. The van der Waals surface area contributed by atoms with Crippen LogP contribution >= 0.6 is 11.6 Å². The van der Waals surface area contributed by atoms with Crippen LogP contribution in [0.1, 0.15) is 36.5 Å². The number of carbonyl (C=O) groups is 2. The van der Waals surface area contributed by atoms with E-state index in [1.54, 1.807) is 24.3 Å². The number of hydrazine groups is 1. The Morgan fingerprint density at radius 2 is 1.93 bits per heavy atom. The van der Waals surface area contributed by atoms with Crippen LogP contribution in [-0.4, -0.2) is 18.4 Å². The molecule has 142 valence electrons. The molecule has 2 amide bonds. The molecule has 2 aromatic carbocycles. The molecular weight excluding hydrogens is 364 g/mol. The molecular formula is C21H23ClN2O3. The molecule has 0 unspecified atom stereocenters. The number of hydrogen-bond acceptors (Lipinski definition) is 3. The fourth-order valence-electron chi connectivity index (χ4n) is 2.38. The van der Waals surface area contributed by atoms with Crippen molar-refractivity contribution < 1.29 is 14.3 Å². The Bertz CT molecular complexity index is 847. The van der Waals surface area contributed by atoms with Crippen molar-refractivity contribution in [1.29, 1.82) is 0 Å². The zero-order valence-corrected chi connectivity index (χ0v) is 16.3. The first kappa shape index (κ1) is 20.5. The van der Waals surface area contributed by atoms with Crippen LogP contribution in [0.2, 0.25) is 5.02 Å². The third-order valence-electron chi connectivity index (χ3n) is 3.75. The fraction of sp³-hybridized carbons (Fsp3) is 0.238. The Morgan fingerprint density at radius 1 is 1.15 bits per heavy atom. The SMILES string of the molecule is Cc1ccc(C(C)C)c(OCC(=O)NNC(=O)/C=C/c2cccc(Cl)c2)c1. The zero-order valence-electron chi connectivity index (χ0n) is 15.6. The Kier molecular flexibility index (Phi) is 7.44. The Morgan fingerprint density at radius 3 is 2.63 bits per heavy atom. The van der Waals surface area contributed by atoms with E-state index in [2.05, 4.69) is 24.7 Å². The highest BCUT2D eigenvalue weighted by atomic mass is 35.5. The molecule has 2 rings (SSSR count). The molecule has 0 saturated carbocycles. The second-order valence-electron chi connectivity index (χ2n) is 6.41. The third-order valence-corrected chi connectivity index (χ3v) is 3.99. The normalized spacial score (nSPS) is 10.9. The summed E-state index contributed by atoms with van der Waals surface area (Å²) < 4.78 is 5.62. The molecule has 0 aliphatic heterocycles. The van der Waals surface area contributed by atoms with E-state index in [9.17, 15) is 9.59 Å². The minimum atomic E-state index is -0.457. The van der Waals surface area contributed by atoms with Gasteiger partial charge < -0.3 is 4.74 Å². The Balaban J connectivity index is 1.83. The van der Waals surface area contributed by atoms with Gasteiger partial charge in [-0.3, -0.25) is 20.4 Å². The molecule has 0 radical (unpaired) electrons. The van der Waals surface area contributed by atoms with Crippen LogP contribution in [0.4, 0.5) is 0 Å². The van der Waals surface area contributed by atoms with Gasteiger partial charge in [-0.25, -0.2) is 0 Å². The Labute approximate surface area is 164 Å². The molecule has 0 saturated heterocycles. The molecule has 5 nitrogen and oxygen atoms in total. The maximum Gasteiger partial charge on any atom is 0.276 e. The number of aryl methyl sites for hydroxylation is 1. The Hall–Kier alpha value is -2.79. The summed E-state index contributed by atoms with van der Waals surface area (Å²) in [4.78, 5) is 23.7. The zero-order chi connectivity index (χ0) is 19.8. The van der Waals surface area contributed by atoms with Crippen molar-refractivity contribution >= 4 is 29.5 Å². The third kappa shape index (κ3) is 6.79. The highest BCUT2D eigenvalue weighted by Gasteiger charge is 2.10. The molecule has 27 heavy (non-hydrogen) atoms.